The number of fused-ring (bicyclic) bond motifs is 1. The van der Waals surface area contributed by atoms with E-state index in [-0.39, 0.29) is 5.91 Å². The van der Waals surface area contributed by atoms with Gasteiger partial charge < -0.3 is 14.3 Å². The minimum absolute atomic E-state index is 0.206. The molecule has 0 aliphatic heterocycles. The smallest absolute Gasteiger partial charge is 0.287 e. The summed E-state index contributed by atoms with van der Waals surface area (Å²) < 4.78 is 7.90. The van der Waals surface area contributed by atoms with Crippen molar-refractivity contribution in [1.29, 1.82) is 0 Å². The van der Waals surface area contributed by atoms with Crippen molar-refractivity contribution in [2.75, 3.05) is 6.54 Å². The maximum absolute atomic E-state index is 11.9. The van der Waals surface area contributed by atoms with E-state index in [1.807, 2.05) is 6.07 Å². The Morgan fingerprint density at radius 2 is 2.27 bits per heavy atom. The number of nitrogens with one attached hydrogen (secondary N) is 1. The normalized spacial score (nSPS) is 11.0. The quantitative estimate of drug-likeness (QED) is 0.757. The Morgan fingerprint density at radius 1 is 1.41 bits per heavy atom. The van der Waals surface area contributed by atoms with Crippen molar-refractivity contribution in [3.05, 3.63) is 52.7 Å². The lowest BCUT2D eigenvalue weighted by Gasteiger charge is -2.02. The lowest BCUT2D eigenvalue weighted by molar-refractivity contribution is 0.0925. The van der Waals surface area contributed by atoms with E-state index in [0.29, 0.717) is 17.0 Å². The van der Waals surface area contributed by atoms with Crippen LogP contribution in [-0.2, 0) is 13.0 Å². The zero-order valence-corrected chi connectivity index (χ0v) is 13.8. The van der Waals surface area contributed by atoms with Gasteiger partial charge in [-0.2, -0.15) is 0 Å². The van der Waals surface area contributed by atoms with E-state index >= 15 is 0 Å². The van der Waals surface area contributed by atoms with Crippen molar-refractivity contribution in [1.82, 2.24) is 14.9 Å². The number of pyridine rings is 1. The van der Waals surface area contributed by atoms with Crippen LogP contribution in [0, 0.1) is 0 Å². The van der Waals surface area contributed by atoms with Gasteiger partial charge in [-0.15, -0.1) is 0 Å². The molecule has 0 radical (unpaired) electrons. The molecule has 0 aliphatic rings. The van der Waals surface area contributed by atoms with Gasteiger partial charge in [0.05, 0.1) is 0 Å². The van der Waals surface area contributed by atoms with Crippen molar-refractivity contribution in [3.63, 3.8) is 0 Å². The molecule has 5 nitrogen and oxygen atoms in total. The van der Waals surface area contributed by atoms with Gasteiger partial charge in [-0.3, -0.25) is 4.79 Å². The number of rotatable bonds is 5. The molecule has 0 aromatic carbocycles. The fourth-order valence-electron chi connectivity index (χ4n) is 2.47. The first-order valence-corrected chi connectivity index (χ1v) is 7.94. The number of carbonyl (C=O) groups excluding carboxylic acids is 1. The first-order valence-electron chi connectivity index (χ1n) is 7.15. The molecule has 0 saturated heterocycles. The molecule has 0 bridgehead atoms. The fraction of sp³-hybridized carbons (Fsp3) is 0.250. The lowest BCUT2D eigenvalue weighted by Crippen LogP contribution is -2.25. The Labute approximate surface area is 136 Å². The highest BCUT2D eigenvalue weighted by atomic mass is 79.9. The van der Waals surface area contributed by atoms with E-state index < -0.39 is 0 Å². The summed E-state index contributed by atoms with van der Waals surface area (Å²) in [4.78, 5) is 16.4. The topological polar surface area (TPSA) is 60.1 Å². The Kier molecular flexibility index (Phi) is 4.29. The standard InChI is InChI=1S/C16H16BrN3O2/c1-2-20-10-11(12-4-3-8-18-15(12)20)7-9-19-16(21)13-5-6-14(17)22-13/h3-6,8,10H,2,7,9H2,1H3,(H,19,21). The predicted molar refractivity (Wildman–Crippen MR) is 87.9 cm³/mol. The van der Waals surface area contributed by atoms with E-state index in [9.17, 15) is 4.79 Å². The molecule has 0 spiro atoms. The van der Waals surface area contributed by atoms with Crippen LogP contribution in [0.1, 0.15) is 23.0 Å². The molecule has 3 rings (SSSR count). The molecule has 0 aliphatic carbocycles. The van der Waals surface area contributed by atoms with Gasteiger partial charge in [-0.1, -0.05) is 0 Å². The maximum atomic E-state index is 11.9. The van der Waals surface area contributed by atoms with Gasteiger partial charge in [0, 0.05) is 30.9 Å². The van der Waals surface area contributed by atoms with Crippen LogP contribution >= 0.6 is 15.9 Å². The minimum Gasteiger partial charge on any atom is -0.444 e. The number of hydrogen-bond donors (Lipinski definition) is 1. The number of aryl methyl sites for hydroxylation is 1. The first-order chi connectivity index (χ1) is 10.7. The van der Waals surface area contributed by atoms with Gasteiger partial charge in [0.1, 0.15) is 5.65 Å². The largest absolute Gasteiger partial charge is 0.444 e. The van der Waals surface area contributed by atoms with Crippen LogP contribution in [0.2, 0.25) is 0 Å². The number of hydrogen-bond acceptors (Lipinski definition) is 3. The van der Waals surface area contributed by atoms with Gasteiger partial charge in [0.15, 0.2) is 10.4 Å². The van der Waals surface area contributed by atoms with E-state index in [1.165, 1.54) is 5.56 Å². The van der Waals surface area contributed by atoms with Crippen molar-refractivity contribution < 1.29 is 9.21 Å². The molecule has 22 heavy (non-hydrogen) atoms. The summed E-state index contributed by atoms with van der Waals surface area (Å²) in [5, 5.41) is 4.01. The van der Waals surface area contributed by atoms with Crippen molar-refractivity contribution in [2.24, 2.45) is 0 Å². The molecule has 3 heterocycles. The maximum Gasteiger partial charge on any atom is 0.287 e. The van der Waals surface area contributed by atoms with E-state index in [2.05, 4.69) is 50.0 Å². The van der Waals surface area contributed by atoms with E-state index in [4.69, 9.17) is 4.42 Å². The summed E-state index contributed by atoms with van der Waals surface area (Å²) in [5.74, 6) is 0.104. The number of nitrogens with zero attached hydrogens (tertiary/aromatic N) is 2. The lowest BCUT2D eigenvalue weighted by atomic mass is 10.1. The number of carbonyl (C=O) groups is 1. The summed E-state index contributed by atoms with van der Waals surface area (Å²) in [6.07, 6.45) is 4.66. The number of amides is 1. The summed E-state index contributed by atoms with van der Waals surface area (Å²) in [7, 11) is 0. The van der Waals surface area contributed by atoms with Gasteiger partial charge in [0.2, 0.25) is 0 Å². The van der Waals surface area contributed by atoms with Gasteiger partial charge >= 0.3 is 0 Å². The Hall–Kier alpha value is -2.08. The molecule has 3 aromatic rings. The van der Waals surface area contributed by atoms with Crippen LogP contribution in [0.3, 0.4) is 0 Å². The minimum atomic E-state index is -0.206. The predicted octanol–water partition coefficient (Wildman–Crippen LogP) is 3.38. The van der Waals surface area contributed by atoms with Crippen molar-refractivity contribution in [2.45, 2.75) is 19.9 Å². The van der Waals surface area contributed by atoms with Crippen LogP contribution in [0.25, 0.3) is 11.0 Å². The highest BCUT2D eigenvalue weighted by molar-refractivity contribution is 9.10. The third-order valence-corrected chi connectivity index (χ3v) is 3.96. The number of furan rings is 1. The van der Waals surface area contributed by atoms with Crippen molar-refractivity contribution in [3.8, 4) is 0 Å². The molecule has 114 valence electrons. The third-order valence-electron chi connectivity index (χ3n) is 3.53. The van der Waals surface area contributed by atoms with Gasteiger partial charge in [-0.25, -0.2) is 4.98 Å². The number of halogens is 1. The van der Waals surface area contributed by atoms with Gasteiger partial charge in [-0.05, 0) is 59.1 Å². The second-order valence-electron chi connectivity index (χ2n) is 4.92. The molecule has 0 unspecified atom stereocenters. The SMILES string of the molecule is CCn1cc(CCNC(=O)c2ccc(Br)o2)c2cccnc21. The molecular formula is C16H16BrN3O2. The van der Waals surface area contributed by atoms with Crippen molar-refractivity contribution >= 4 is 32.9 Å². The van der Waals surface area contributed by atoms with Crippen LogP contribution in [0.15, 0.2) is 45.7 Å². The number of aromatic nitrogens is 2. The molecule has 0 atom stereocenters. The second-order valence-corrected chi connectivity index (χ2v) is 5.71. The zero-order chi connectivity index (χ0) is 15.5. The molecule has 6 heteroatoms. The van der Waals surface area contributed by atoms with Crippen LogP contribution < -0.4 is 5.32 Å². The molecule has 0 fully saturated rings. The van der Waals surface area contributed by atoms with Crippen LogP contribution in [0.5, 0.6) is 0 Å². The molecule has 1 amide bonds. The summed E-state index contributed by atoms with van der Waals surface area (Å²) in [6, 6.07) is 7.35. The monoisotopic (exact) mass is 361 g/mol. The highest BCUT2D eigenvalue weighted by Crippen LogP contribution is 2.19. The third kappa shape index (κ3) is 2.92. The van der Waals surface area contributed by atoms with Crippen LogP contribution in [-0.4, -0.2) is 22.0 Å². The highest BCUT2D eigenvalue weighted by Gasteiger charge is 2.11. The van der Waals surface area contributed by atoms with Crippen LogP contribution in [0.4, 0.5) is 0 Å². The van der Waals surface area contributed by atoms with Gasteiger partial charge in [0.25, 0.3) is 5.91 Å². The fourth-order valence-corrected chi connectivity index (χ4v) is 2.78. The van der Waals surface area contributed by atoms with E-state index in [0.717, 1.165) is 24.0 Å². The molecular weight excluding hydrogens is 346 g/mol. The Bertz CT molecular complexity index is 807. The second kappa shape index (κ2) is 6.36. The van der Waals surface area contributed by atoms with E-state index in [1.54, 1.807) is 18.3 Å². The Morgan fingerprint density at radius 3 is 3.00 bits per heavy atom. The Balaban J connectivity index is 1.68. The first kappa shape index (κ1) is 14.8. The average molecular weight is 362 g/mol. The zero-order valence-electron chi connectivity index (χ0n) is 12.2. The molecule has 1 N–H and O–H groups in total. The molecule has 3 aromatic heterocycles. The summed E-state index contributed by atoms with van der Waals surface area (Å²) >= 11 is 3.19. The summed E-state index contributed by atoms with van der Waals surface area (Å²) in [6.45, 7) is 3.52. The summed E-state index contributed by atoms with van der Waals surface area (Å²) in [5.41, 5.74) is 2.17. The average Bonchev–Trinajstić information content (AvgIpc) is 3.11. The molecule has 0 saturated carbocycles.